The van der Waals surface area contributed by atoms with Crippen molar-refractivity contribution in [2.24, 2.45) is 4.99 Å². The van der Waals surface area contributed by atoms with E-state index in [1.165, 1.54) is 28.5 Å². The van der Waals surface area contributed by atoms with Crippen LogP contribution >= 0.6 is 23.4 Å². The zero-order valence-corrected chi connectivity index (χ0v) is 21.4. The molecule has 1 aliphatic heterocycles. The summed E-state index contributed by atoms with van der Waals surface area (Å²) < 4.78 is 11.8. The summed E-state index contributed by atoms with van der Waals surface area (Å²) in [6, 6.07) is 19.3. The molecule has 37 heavy (non-hydrogen) atoms. The summed E-state index contributed by atoms with van der Waals surface area (Å²) in [7, 11) is 3.09. The van der Waals surface area contributed by atoms with E-state index in [4.69, 9.17) is 21.1 Å². The molecule has 0 radical (unpaired) electrons. The van der Waals surface area contributed by atoms with Crippen molar-refractivity contribution in [3.63, 3.8) is 0 Å². The predicted octanol–water partition coefficient (Wildman–Crippen LogP) is 4.60. The molecule has 0 atom stereocenters. The summed E-state index contributed by atoms with van der Waals surface area (Å²) in [5, 5.41) is 9.40. The number of carbonyl (C=O) groups is 1. The Kier molecular flexibility index (Phi) is 6.93. The van der Waals surface area contributed by atoms with E-state index in [9.17, 15) is 9.59 Å². The Morgan fingerprint density at radius 1 is 1.00 bits per heavy atom. The average molecular weight is 534 g/mol. The highest BCUT2D eigenvalue weighted by Crippen LogP contribution is 2.34. The van der Waals surface area contributed by atoms with E-state index in [0.29, 0.717) is 38.3 Å². The Morgan fingerprint density at radius 3 is 2.54 bits per heavy atom. The number of amidine groups is 1. The number of hydrogen-bond donors (Lipinski definition) is 0. The zero-order valence-electron chi connectivity index (χ0n) is 19.8. The third-order valence-electron chi connectivity index (χ3n) is 5.59. The summed E-state index contributed by atoms with van der Waals surface area (Å²) in [6.45, 7) is 0. The smallest absolute Gasteiger partial charge is 0.283 e. The van der Waals surface area contributed by atoms with Crippen LogP contribution in [0.4, 0.5) is 5.69 Å². The van der Waals surface area contributed by atoms with Crippen LogP contribution in [0.15, 0.2) is 82.2 Å². The van der Waals surface area contributed by atoms with Crippen LogP contribution in [0.25, 0.3) is 17.0 Å². The second-order valence-corrected chi connectivity index (χ2v) is 9.16. The molecule has 11 heteroatoms. The van der Waals surface area contributed by atoms with Crippen LogP contribution in [-0.4, -0.2) is 40.3 Å². The number of ether oxygens (including phenoxy) is 2. The van der Waals surface area contributed by atoms with Gasteiger partial charge in [0.2, 0.25) is 0 Å². The van der Waals surface area contributed by atoms with Gasteiger partial charge in [0.1, 0.15) is 22.7 Å². The molecule has 4 aromatic rings. The lowest BCUT2D eigenvalue weighted by Gasteiger charge is -2.19. The molecule has 0 unspecified atom stereocenters. The number of rotatable bonds is 6. The largest absolute Gasteiger partial charge is 0.497 e. The Balaban J connectivity index is 1.51. The van der Waals surface area contributed by atoms with Gasteiger partial charge in [0.25, 0.3) is 11.5 Å². The molecule has 1 aromatic heterocycles. The lowest BCUT2D eigenvalue weighted by atomic mass is 10.2. The summed E-state index contributed by atoms with van der Waals surface area (Å²) in [4.78, 5) is 32.5. The predicted molar refractivity (Wildman–Crippen MR) is 145 cm³/mol. The molecule has 0 saturated carbocycles. The second-order valence-electron chi connectivity index (χ2n) is 7.84. The number of fused-ring (bicyclic) bond motifs is 1. The fourth-order valence-electron chi connectivity index (χ4n) is 3.69. The van der Waals surface area contributed by atoms with Gasteiger partial charge in [0, 0.05) is 6.07 Å². The molecule has 186 valence electrons. The topological polar surface area (TPSA) is 98.9 Å². The van der Waals surface area contributed by atoms with Crippen LogP contribution in [0.5, 0.6) is 11.5 Å². The number of aromatic nitrogens is 3. The Hall–Kier alpha value is -4.15. The number of hydrogen-bond acceptors (Lipinski definition) is 8. The van der Waals surface area contributed by atoms with E-state index in [0.717, 1.165) is 5.56 Å². The summed E-state index contributed by atoms with van der Waals surface area (Å²) in [6.07, 6.45) is 1.69. The maximum absolute atomic E-state index is 13.5. The molecule has 0 N–H and O–H groups in total. The maximum atomic E-state index is 13.5. The highest BCUT2D eigenvalue weighted by atomic mass is 35.5. The van der Waals surface area contributed by atoms with E-state index in [1.807, 2.05) is 12.1 Å². The number of amides is 1. The van der Waals surface area contributed by atoms with Gasteiger partial charge in [0.05, 0.1) is 36.2 Å². The number of thioether (sulfide) groups is 1. The number of carbonyl (C=O) groups excluding carboxylic acids is 1. The first-order valence-corrected chi connectivity index (χ1v) is 12.4. The summed E-state index contributed by atoms with van der Waals surface area (Å²) in [5.41, 5.74) is 1.77. The van der Waals surface area contributed by atoms with Crippen molar-refractivity contribution in [2.75, 3.05) is 19.1 Å². The molecule has 0 aliphatic carbocycles. The van der Waals surface area contributed by atoms with Crippen molar-refractivity contribution in [3.8, 4) is 11.5 Å². The highest BCUT2D eigenvalue weighted by Gasteiger charge is 2.32. The quantitative estimate of drug-likeness (QED) is 0.334. The lowest BCUT2D eigenvalue weighted by molar-refractivity contribution is -0.113. The Morgan fingerprint density at radius 2 is 1.78 bits per heavy atom. The van der Waals surface area contributed by atoms with E-state index in [-0.39, 0.29) is 23.0 Å². The van der Waals surface area contributed by atoms with Crippen molar-refractivity contribution >= 4 is 57.1 Å². The third-order valence-corrected chi connectivity index (χ3v) is 6.80. The minimum absolute atomic E-state index is 0.0970. The minimum Gasteiger partial charge on any atom is -0.497 e. The lowest BCUT2D eigenvalue weighted by Crippen LogP contribution is -2.31. The Bertz CT molecular complexity index is 1620. The molecule has 1 aliphatic rings. The molecule has 0 bridgehead atoms. The number of anilines is 1. The third kappa shape index (κ3) is 4.93. The van der Waals surface area contributed by atoms with Crippen molar-refractivity contribution in [3.05, 3.63) is 93.4 Å². The maximum Gasteiger partial charge on any atom is 0.283 e. The van der Waals surface area contributed by atoms with E-state index in [1.54, 1.807) is 67.8 Å². The van der Waals surface area contributed by atoms with Crippen molar-refractivity contribution in [1.82, 2.24) is 15.0 Å². The van der Waals surface area contributed by atoms with Crippen LogP contribution in [-0.2, 0) is 10.7 Å². The van der Waals surface area contributed by atoms with E-state index < -0.39 is 0 Å². The van der Waals surface area contributed by atoms with Gasteiger partial charge in [-0.3, -0.25) is 14.5 Å². The molecule has 1 amide bonds. The van der Waals surface area contributed by atoms with Crippen molar-refractivity contribution in [2.45, 2.75) is 5.88 Å². The first-order valence-electron chi connectivity index (χ1n) is 11.1. The van der Waals surface area contributed by atoms with E-state index in [2.05, 4.69) is 15.3 Å². The number of halogens is 1. The monoisotopic (exact) mass is 533 g/mol. The van der Waals surface area contributed by atoms with Crippen LogP contribution in [0.3, 0.4) is 0 Å². The molecular formula is C26H20ClN5O4S. The molecular weight excluding hydrogens is 514 g/mol. The fraction of sp³-hybridized carbons (Fsp3) is 0.115. The summed E-state index contributed by atoms with van der Waals surface area (Å²) in [5.74, 6) is 0.886. The zero-order chi connectivity index (χ0) is 25.9. The minimum atomic E-state index is -0.334. The first-order chi connectivity index (χ1) is 18.0. The normalized spacial score (nSPS) is 14.4. The highest BCUT2D eigenvalue weighted by molar-refractivity contribution is 8.13. The molecule has 2 heterocycles. The van der Waals surface area contributed by atoms with Crippen LogP contribution < -0.4 is 19.9 Å². The van der Waals surface area contributed by atoms with Crippen LogP contribution in [0, 0.1) is 0 Å². The van der Waals surface area contributed by atoms with Gasteiger partial charge in [-0.1, -0.05) is 52.8 Å². The number of aliphatic imine (C=N–C) groups is 1. The molecule has 0 saturated heterocycles. The van der Waals surface area contributed by atoms with Gasteiger partial charge >= 0.3 is 0 Å². The standard InChI is InChI=1S/C26H20ClN5O4S/c1-35-18-10-7-16(8-11-18)13-22-25(34)32(17-9-12-20(27)23(14-17)36-2)26(28-22)37-15-31-24(33)19-5-3-4-6-21(19)29-30-31/h3-14H,15H2,1-2H3/b22-13-. The molecule has 0 fully saturated rings. The second kappa shape index (κ2) is 10.5. The van der Waals surface area contributed by atoms with Crippen LogP contribution in [0.2, 0.25) is 5.02 Å². The van der Waals surface area contributed by atoms with Crippen LogP contribution in [0.1, 0.15) is 5.56 Å². The average Bonchev–Trinajstić information content (AvgIpc) is 3.23. The molecule has 9 nitrogen and oxygen atoms in total. The van der Waals surface area contributed by atoms with Gasteiger partial charge < -0.3 is 9.47 Å². The van der Waals surface area contributed by atoms with Crippen molar-refractivity contribution in [1.29, 1.82) is 0 Å². The molecule has 0 spiro atoms. The number of nitrogens with zero attached hydrogens (tertiary/aromatic N) is 5. The SMILES string of the molecule is COc1ccc(/C=C2\N=C(SCn3nnc4ccccc4c3=O)N(c3ccc(Cl)c(OC)c3)C2=O)cc1. The van der Waals surface area contributed by atoms with E-state index >= 15 is 0 Å². The molecule has 5 rings (SSSR count). The number of methoxy groups -OCH3 is 2. The Labute approximate surface area is 221 Å². The van der Waals surface area contributed by atoms with Gasteiger partial charge in [-0.15, -0.1) is 5.10 Å². The summed E-state index contributed by atoms with van der Waals surface area (Å²) >= 11 is 7.39. The number of benzene rings is 3. The van der Waals surface area contributed by atoms with Gasteiger partial charge in [-0.25, -0.2) is 4.99 Å². The fourth-order valence-corrected chi connectivity index (χ4v) is 4.77. The molecule has 3 aromatic carbocycles. The van der Waals surface area contributed by atoms with Gasteiger partial charge in [-0.05, 0) is 48.0 Å². The van der Waals surface area contributed by atoms with Gasteiger partial charge in [-0.2, -0.15) is 4.68 Å². The van der Waals surface area contributed by atoms with Crippen molar-refractivity contribution < 1.29 is 14.3 Å². The first kappa shape index (κ1) is 24.5. The van der Waals surface area contributed by atoms with Gasteiger partial charge in [0.15, 0.2) is 5.17 Å².